The van der Waals surface area contributed by atoms with E-state index in [0.717, 1.165) is 25.7 Å². The topological polar surface area (TPSA) is 54.5 Å². The first kappa shape index (κ1) is 13.8. The molecule has 4 aliphatic carbocycles. The molecule has 122 valence electrons. The lowest BCUT2D eigenvalue weighted by Crippen LogP contribution is -2.44. The molecule has 1 spiro atoms. The lowest BCUT2D eigenvalue weighted by Gasteiger charge is -2.37. The van der Waals surface area contributed by atoms with Crippen molar-refractivity contribution in [2.75, 3.05) is 5.75 Å². The van der Waals surface area contributed by atoms with Gasteiger partial charge in [0.25, 0.3) is 0 Å². The van der Waals surface area contributed by atoms with Crippen LogP contribution in [0.2, 0.25) is 0 Å². The molecule has 0 aromatic carbocycles. The number of carbonyl (C=O) groups excluding carboxylic acids is 1. The van der Waals surface area contributed by atoms with Crippen LogP contribution >= 0.6 is 0 Å². The second kappa shape index (κ2) is 3.73. The third-order valence-electron chi connectivity index (χ3n) is 8.01. The van der Waals surface area contributed by atoms with E-state index in [1.165, 1.54) is 17.1 Å². The van der Waals surface area contributed by atoms with Gasteiger partial charge in [-0.15, -0.1) is 0 Å². The highest BCUT2D eigenvalue weighted by atomic mass is 32.2. The molecule has 0 radical (unpaired) electrons. The first-order valence-electron chi connectivity index (χ1n) is 8.84. The molecule has 0 aromatic rings. The van der Waals surface area contributed by atoms with Gasteiger partial charge in [-0.2, -0.15) is 0 Å². The summed E-state index contributed by atoms with van der Waals surface area (Å²) in [4.78, 5) is 12.9. The van der Waals surface area contributed by atoms with Crippen LogP contribution in [-0.2, 0) is 14.8 Å². The fourth-order valence-corrected chi connectivity index (χ4v) is 8.87. The van der Waals surface area contributed by atoms with Crippen molar-refractivity contribution in [1.82, 2.24) is 4.31 Å². The molecule has 5 heteroatoms. The summed E-state index contributed by atoms with van der Waals surface area (Å²) < 4.78 is 27.0. The molecule has 5 rings (SSSR count). The van der Waals surface area contributed by atoms with E-state index < -0.39 is 10.0 Å². The van der Waals surface area contributed by atoms with Gasteiger partial charge in [-0.25, -0.2) is 12.7 Å². The average Bonchev–Trinajstić information content (AvgIpc) is 3.30. The summed E-state index contributed by atoms with van der Waals surface area (Å²) in [5, 5.41) is 0. The Morgan fingerprint density at radius 1 is 1.14 bits per heavy atom. The minimum absolute atomic E-state index is 0.0136. The van der Waals surface area contributed by atoms with Crippen molar-refractivity contribution in [3.05, 3.63) is 0 Å². The van der Waals surface area contributed by atoms with Crippen LogP contribution in [0.3, 0.4) is 0 Å². The van der Waals surface area contributed by atoms with Gasteiger partial charge in [-0.1, -0.05) is 13.8 Å². The summed E-state index contributed by atoms with van der Waals surface area (Å²) in [6.07, 6.45) is 6.43. The van der Waals surface area contributed by atoms with Crippen molar-refractivity contribution in [3.63, 3.8) is 0 Å². The van der Waals surface area contributed by atoms with E-state index in [9.17, 15) is 13.2 Å². The van der Waals surface area contributed by atoms with Gasteiger partial charge in [0.2, 0.25) is 15.9 Å². The van der Waals surface area contributed by atoms with Crippen LogP contribution in [0.4, 0.5) is 0 Å². The van der Waals surface area contributed by atoms with E-state index in [0.29, 0.717) is 17.8 Å². The summed E-state index contributed by atoms with van der Waals surface area (Å²) in [5.74, 6) is 1.96. The first-order chi connectivity index (χ1) is 10.3. The molecule has 2 bridgehead atoms. The molecule has 1 saturated heterocycles. The number of fused-ring (bicyclic) bond motifs is 1. The molecular weight excluding hydrogens is 298 g/mol. The van der Waals surface area contributed by atoms with Crippen LogP contribution < -0.4 is 0 Å². The number of hydrogen-bond donors (Lipinski definition) is 0. The summed E-state index contributed by atoms with van der Waals surface area (Å²) >= 11 is 0. The molecule has 1 amide bonds. The monoisotopic (exact) mass is 323 g/mol. The van der Waals surface area contributed by atoms with E-state index >= 15 is 0 Å². The Morgan fingerprint density at radius 2 is 1.86 bits per heavy atom. The Morgan fingerprint density at radius 3 is 2.50 bits per heavy atom. The minimum atomic E-state index is -3.41. The van der Waals surface area contributed by atoms with Gasteiger partial charge in [0.15, 0.2) is 0 Å². The third kappa shape index (κ3) is 1.45. The van der Waals surface area contributed by atoms with Crippen LogP contribution in [0, 0.1) is 34.5 Å². The van der Waals surface area contributed by atoms with Gasteiger partial charge < -0.3 is 0 Å². The molecule has 0 N–H and O–H groups in total. The van der Waals surface area contributed by atoms with Crippen molar-refractivity contribution >= 4 is 15.9 Å². The number of nitrogens with zero attached hydrogens (tertiary/aromatic N) is 1. The zero-order valence-corrected chi connectivity index (χ0v) is 14.2. The highest BCUT2D eigenvalue weighted by Crippen LogP contribution is 2.70. The fraction of sp³-hybridized carbons (Fsp3) is 0.941. The van der Waals surface area contributed by atoms with Crippen LogP contribution in [-0.4, -0.2) is 30.4 Å². The van der Waals surface area contributed by atoms with Crippen LogP contribution in [0.25, 0.3) is 0 Å². The van der Waals surface area contributed by atoms with Crippen LogP contribution in [0.1, 0.15) is 52.4 Å². The Bertz CT molecular complexity index is 665. The summed E-state index contributed by atoms with van der Waals surface area (Å²) in [7, 11) is -3.41. The van der Waals surface area contributed by atoms with E-state index in [-0.39, 0.29) is 34.4 Å². The Balaban J connectivity index is 1.50. The van der Waals surface area contributed by atoms with E-state index in [1.807, 2.05) is 0 Å². The maximum atomic E-state index is 12.9. The average molecular weight is 323 g/mol. The maximum Gasteiger partial charge on any atom is 0.239 e. The summed E-state index contributed by atoms with van der Waals surface area (Å²) in [6.45, 7) is 4.47. The summed E-state index contributed by atoms with van der Waals surface area (Å²) in [6, 6.07) is -0.0424. The quantitative estimate of drug-likeness (QED) is 0.784. The van der Waals surface area contributed by atoms with Crippen molar-refractivity contribution in [1.29, 1.82) is 0 Å². The molecule has 1 aliphatic heterocycles. The van der Waals surface area contributed by atoms with Crippen molar-refractivity contribution in [2.24, 2.45) is 34.5 Å². The minimum Gasteiger partial charge on any atom is -0.273 e. The lowest BCUT2D eigenvalue weighted by molar-refractivity contribution is -0.130. The van der Waals surface area contributed by atoms with Crippen molar-refractivity contribution in [3.8, 4) is 0 Å². The molecule has 5 atom stereocenters. The van der Waals surface area contributed by atoms with E-state index in [4.69, 9.17) is 0 Å². The van der Waals surface area contributed by atoms with Gasteiger partial charge in [-0.3, -0.25) is 4.79 Å². The normalized spacial score (nSPS) is 50.2. The molecule has 0 aromatic heterocycles. The molecular formula is C17H25NO3S. The van der Waals surface area contributed by atoms with Crippen LogP contribution in [0.5, 0.6) is 0 Å². The zero-order valence-electron chi connectivity index (χ0n) is 13.4. The fourth-order valence-electron chi connectivity index (χ4n) is 6.29. The second-order valence-electron chi connectivity index (χ2n) is 9.10. The number of amides is 1. The van der Waals surface area contributed by atoms with Crippen molar-refractivity contribution in [2.45, 2.75) is 58.4 Å². The van der Waals surface area contributed by atoms with E-state index in [2.05, 4.69) is 13.8 Å². The van der Waals surface area contributed by atoms with Gasteiger partial charge in [-0.05, 0) is 61.7 Å². The standard InChI is InChI=1S/C17H25NO3S/c1-16(2)11-5-6-17(16)9-22(20,21)18(14(17)7-11)15(19)13-8-12(13)10-3-4-10/h10-14H,3-9H2,1-2H3/t11-,12+,13+,14-,17-/m1/s1. The largest absolute Gasteiger partial charge is 0.273 e. The predicted molar refractivity (Wildman–Crippen MR) is 82.3 cm³/mol. The van der Waals surface area contributed by atoms with Gasteiger partial charge in [0.1, 0.15) is 0 Å². The molecule has 5 aliphatic rings. The van der Waals surface area contributed by atoms with E-state index in [1.54, 1.807) is 0 Å². The predicted octanol–water partition coefficient (Wildman–Crippen LogP) is 2.40. The molecule has 0 unspecified atom stereocenters. The lowest BCUT2D eigenvalue weighted by atomic mass is 9.69. The Kier molecular flexibility index (Phi) is 2.35. The highest BCUT2D eigenvalue weighted by Gasteiger charge is 2.73. The van der Waals surface area contributed by atoms with Gasteiger partial charge in [0.05, 0.1) is 11.8 Å². The van der Waals surface area contributed by atoms with Crippen LogP contribution in [0.15, 0.2) is 0 Å². The Labute approximate surface area is 132 Å². The van der Waals surface area contributed by atoms with Crippen molar-refractivity contribution < 1.29 is 13.2 Å². The third-order valence-corrected chi connectivity index (χ3v) is 9.93. The number of hydrogen-bond acceptors (Lipinski definition) is 3. The molecule has 5 fully saturated rings. The number of sulfonamides is 1. The molecule has 4 nitrogen and oxygen atoms in total. The summed E-state index contributed by atoms with van der Waals surface area (Å²) in [5.41, 5.74) is -0.116. The first-order valence-corrected chi connectivity index (χ1v) is 10.4. The number of rotatable bonds is 2. The Hall–Kier alpha value is -0.580. The SMILES string of the molecule is CC1(C)[C@@H]2CC[C@]13CS(=O)(=O)N(C(=O)[C@H]1C[C@H]1C1CC1)[C@@H]3C2. The maximum absolute atomic E-state index is 12.9. The smallest absolute Gasteiger partial charge is 0.239 e. The second-order valence-corrected chi connectivity index (χ2v) is 10.9. The van der Waals surface area contributed by atoms with Gasteiger partial charge in [0, 0.05) is 11.3 Å². The molecule has 1 heterocycles. The molecule has 4 saturated carbocycles. The molecule has 22 heavy (non-hydrogen) atoms. The highest BCUT2D eigenvalue weighted by molar-refractivity contribution is 7.90. The van der Waals surface area contributed by atoms with Gasteiger partial charge >= 0.3 is 0 Å². The number of carbonyl (C=O) groups is 1. The zero-order chi connectivity index (χ0) is 15.5.